The summed E-state index contributed by atoms with van der Waals surface area (Å²) in [5.74, 6) is 0.382. The number of hydrogen-bond acceptors (Lipinski definition) is 3. The summed E-state index contributed by atoms with van der Waals surface area (Å²) in [7, 11) is 0. The van der Waals surface area contributed by atoms with Crippen LogP contribution in [0.25, 0.3) is 11.0 Å². The number of fused-ring (bicyclic) bond motifs is 1. The van der Waals surface area contributed by atoms with Gasteiger partial charge in [0.1, 0.15) is 5.82 Å². The van der Waals surface area contributed by atoms with Crippen molar-refractivity contribution < 1.29 is 14.7 Å². The van der Waals surface area contributed by atoms with Crippen LogP contribution in [0.5, 0.6) is 0 Å². The van der Waals surface area contributed by atoms with Gasteiger partial charge in [0.2, 0.25) is 5.91 Å². The first kappa shape index (κ1) is 12.4. The summed E-state index contributed by atoms with van der Waals surface area (Å²) in [4.78, 5) is 27.7. The fourth-order valence-electron chi connectivity index (χ4n) is 3.11. The largest absolute Gasteiger partial charge is 0.478 e. The molecule has 2 N–H and O–H groups in total. The van der Waals surface area contributed by atoms with Crippen molar-refractivity contribution in [3.63, 3.8) is 0 Å². The number of rotatable bonds is 3. The molecule has 0 spiro atoms. The molecule has 4 rings (SSSR count). The SMILES string of the molecule is O=C1CC(n2c(C3CC3)nc3cccc(C(=O)O)c32)CN1. The molecule has 1 aromatic carbocycles. The molecule has 2 heterocycles. The minimum Gasteiger partial charge on any atom is -0.478 e. The summed E-state index contributed by atoms with van der Waals surface area (Å²) in [6.07, 6.45) is 2.55. The quantitative estimate of drug-likeness (QED) is 0.898. The minimum absolute atomic E-state index is 0.0106. The van der Waals surface area contributed by atoms with Crippen molar-refractivity contribution in [3.05, 3.63) is 29.6 Å². The fraction of sp³-hybridized carbons (Fsp3) is 0.400. The lowest BCUT2D eigenvalue weighted by atomic mass is 10.1. The van der Waals surface area contributed by atoms with Crippen molar-refractivity contribution in [2.75, 3.05) is 6.54 Å². The van der Waals surface area contributed by atoms with Crippen LogP contribution < -0.4 is 5.32 Å². The van der Waals surface area contributed by atoms with Gasteiger partial charge in [-0.2, -0.15) is 0 Å². The Morgan fingerprint density at radius 2 is 2.19 bits per heavy atom. The molecule has 1 aliphatic carbocycles. The Labute approximate surface area is 120 Å². The Morgan fingerprint density at radius 3 is 2.81 bits per heavy atom. The van der Waals surface area contributed by atoms with Gasteiger partial charge >= 0.3 is 5.97 Å². The number of aromatic nitrogens is 2. The number of amides is 1. The first-order valence-electron chi connectivity index (χ1n) is 7.16. The lowest BCUT2D eigenvalue weighted by Crippen LogP contribution is -2.17. The number of carboxylic acid groups (broad SMARTS) is 1. The average Bonchev–Trinajstić information content (AvgIpc) is 3.10. The maximum absolute atomic E-state index is 11.5. The van der Waals surface area contributed by atoms with Gasteiger partial charge in [-0.25, -0.2) is 9.78 Å². The summed E-state index contributed by atoms with van der Waals surface area (Å²) >= 11 is 0. The third-order valence-electron chi connectivity index (χ3n) is 4.23. The Hall–Kier alpha value is -2.37. The zero-order chi connectivity index (χ0) is 14.6. The van der Waals surface area contributed by atoms with Crippen molar-refractivity contribution in [2.24, 2.45) is 0 Å². The van der Waals surface area contributed by atoms with E-state index in [4.69, 9.17) is 0 Å². The Balaban J connectivity index is 1.98. The van der Waals surface area contributed by atoms with Gasteiger partial charge in [-0.05, 0) is 25.0 Å². The van der Waals surface area contributed by atoms with E-state index in [2.05, 4.69) is 10.3 Å². The lowest BCUT2D eigenvalue weighted by Gasteiger charge is -2.15. The molecule has 1 saturated carbocycles. The number of carbonyl (C=O) groups excluding carboxylic acids is 1. The highest BCUT2D eigenvalue weighted by Gasteiger charge is 2.35. The first-order valence-corrected chi connectivity index (χ1v) is 7.16. The van der Waals surface area contributed by atoms with Crippen LogP contribution in [0.4, 0.5) is 0 Å². The van der Waals surface area contributed by atoms with Crippen molar-refractivity contribution in [1.82, 2.24) is 14.9 Å². The van der Waals surface area contributed by atoms with Crippen molar-refractivity contribution in [2.45, 2.75) is 31.2 Å². The second-order valence-electron chi connectivity index (χ2n) is 5.75. The Bertz CT molecular complexity index is 761. The van der Waals surface area contributed by atoms with E-state index >= 15 is 0 Å². The molecule has 6 heteroatoms. The van der Waals surface area contributed by atoms with E-state index in [1.807, 2.05) is 10.6 Å². The van der Waals surface area contributed by atoms with Crippen LogP contribution in [0.3, 0.4) is 0 Å². The highest BCUT2D eigenvalue weighted by Crippen LogP contribution is 2.43. The highest BCUT2D eigenvalue weighted by molar-refractivity contribution is 6.01. The van der Waals surface area contributed by atoms with Crippen LogP contribution in [0.15, 0.2) is 18.2 Å². The minimum atomic E-state index is -0.957. The normalized spacial score (nSPS) is 21.7. The van der Waals surface area contributed by atoms with Gasteiger partial charge in [0.25, 0.3) is 0 Å². The molecule has 2 fully saturated rings. The van der Waals surface area contributed by atoms with E-state index in [1.54, 1.807) is 12.1 Å². The van der Waals surface area contributed by atoms with Gasteiger partial charge in [-0.1, -0.05) is 6.07 Å². The van der Waals surface area contributed by atoms with E-state index in [-0.39, 0.29) is 17.5 Å². The van der Waals surface area contributed by atoms with E-state index in [0.29, 0.717) is 29.9 Å². The van der Waals surface area contributed by atoms with Gasteiger partial charge in [0.15, 0.2) is 0 Å². The third-order valence-corrected chi connectivity index (χ3v) is 4.23. The molecule has 1 unspecified atom stereocenters. The second-order valence-corrected chi connectivity index (χ2v) is 5.75. The topological polar surface area (TPSA) is 84.2 Å². The van der Waals surface area contributed by atoms with Crippen LogP contribution in [0.2, 0.25) is 0 Å². The molecule has 2 aromatic rings. The molecule has 21 heavy (non-hydrogen) atoms. The van der Waals surface area contributed by atoms with Gasteiger partial charge < -0.3 is 15.0 Å². The van der Waals surface area contributed by atoms with Crippen LogP contribution in [-0.4, -0.2) is 33.1 Å². The van der Waals surface area contributed by atoms with Gasteiger partial charge in [0.05, 0.1) is 22.6 Å². The molecule has 1 amide bonds. The highest BCUT2D eigenvalue weighted by atomic mass is 16.4. The molecule has 2 aliphatic rings. The standard InChI is InChI=1S/C15H15N3O3/c19-12-6-9(7-16-12)18-13-10(15(20)21)2-1-3-11(13)17-14(18)8-4-5-8/h1-3,8-9H,4-7H2,(H,16,19)(H,20,21). The maximum atomic E-state index is 11.5. The summed E-state index contributed by atoms with van der Waals surface area (Å²) in [6.45, 7) is 0.540. The molecule has 1 atom stereocenters. The van der Waals surface area contributed by atoms with Crippen LogP contribution in [0, 0.1) is 0 Å². The predicted molar refractivity (Wildman–Crippen MR) is 75.3 cm³/mol. The summed E-state index contributed by atoms with van der Waals surface area (Å²) < 4.78 is 1.99. The molecule has 6 nitrogen and oxygen atoms in total. The molecular weight excluding hydrogens is 270 g/mol. The van der Waals surface area contributed by atoms with E-state index in [9.17, 15) is 14.7 Å². The predicted octanol–water partition coefficient (Wildman–Crippen LogP) is 1.67. The number of para-hydroxylation sites is 1. The van der Waals surface area contributed by atoms with Crippen molar-refractivity contribution >= 4 is 22.9 Å². The monoisotopic (exact) mass is 285 g/mol. The van der Waals surface area contributed by atoms with Crippen molar-refractivity contribution in [3.8, 4) is 0 Å². The second kappa shape index (κ2) is 4.31. The zero-order valence-electron chi connectivity index (χ0n) is 11.4. The van der Waals surface area contributed by atoms with Crippen LogP contribution >= 0.6 is 0 Å². The molecule has 1 aliphatic heterocycles. The van der Waals surface area contributed by atoms with E-state index in [1.165, 1.54) is 0 Å². The number of imidazole rings is 1. The number of benzene rings is 1. The first-order chi connectivity index (χ1) is 10.1. The third kappa shape index (κ3) is 1.90. The molecule has 108 valence electrons. The number of nitrogens with zero attached hydrogens (tertiary/aromatic N) is 2. The number of nitrogens with one attached hydrogen (secondary N) is 1. The van der Waals surface area contributed by atoms with Gasteiger partial charge in [0, 0.05) is 18.9 Å². The zero-order valence-corrected chi connectivity index (χ0v) is 11.4. The number of aromatic carboxylic acids is 1. The number of carbonyl (C=O) groups is 2. The summed E-state index contributed by atoms with van der Waals surface area (Å²) in [5.41, 5.74) is 1.61. The van der Waals surface area contributed by atoms with Crippen LogP contribution in [0.1, 0.15) is 47.4 Å². The molecule has 0 bridgehead atoms. The number of hydrogen-bond donors (Lipinski definition) is 2. The maximum Gasteiger partial charge on any atom is 0.337 e. The van der Waals surface area contributed by atoms with Crippen LogP contribution in [-0.2, 0) is 4.79 Å². The van der Waals surface area contributed by atoms with Gasteiger partial charge in [-0.3, -0.25) is 4.79 Å². The summed E-state index contributed by atoms with van der Waals surface area (Å²) in [6, 6.07) is 5.12. The molecular formula is C15H15N3O3. The van der Waals surface area contributed by atoms with E-state index in [0.717, 1.165) is 18.7 Å². The lowest BCUT2D eigenvalue weighted by molar-refractivity contribution is -0.119. The average molecular weight is 285 g/mol. The Morgan fingerprint density at radius 1 is 1.38 bits per heavy atom. The molecule has 1 saturated heterocycles. The molecule has 0 radical (unpaired) electrons. The smallest absolute Gasteiger partial charge is 0.337 e. The fourth-order valence-corrected chi connectivity index (χ4v) is 3.11. The molecule has 1 aromatic heterocycles. The Kier molecular flexibility index (Phi) is 2.54. The summed E-state index contributed by atoms with van der Waals surface area (Å²) in [5, 5.41) is 12.3. The number of carboxylic acids is 1. The van der Waals surface area contributed by atoms with Crippen molar-refractivity contribution in [1.29, 1.82) is 0 Å². The van der Waals surface area contributed by atoms with Gasteiger partial charge in [-0.15, -0.1) is 0 Å². The van der Waals surface area contributed by atoms with E-state index < -0.39 is 5.97 Å².